The number of H-pyrrole nitrogens is 1. The van der Waals surface area contributed by atoms with Crippen LogP contribution in [0.1, 0.15) is 90.5 Å². The molecule has 7 nitrogen and oxygen atoms in total. The molecule has 2 bridgehead atoms. The number of piperidine rings is 1. The van der Waals surface area contributed by atoms with E-state index in [9.17, 15) is 9.59 Å². The van der Waals surface area contributed by atoms with E-state index in [4.69, 9.17) is 15.1 Å². The molecule has 7 heteroatoms. The van der Waals surface area contributed by atoms with Crippen LogP contribution in [0.5, 0.6) is 0 Å². The van der Waals surface area contributed by atoms with Crippen molar-refractivity contribution in [3.63, 3.8) is 0 Å². The van der Waals surface area contributed by atoms with Gasteiger partial charge in [0.25, 0.3) is 5.56 Å². The number of aliphatic hydroxyl groups is 1. The van der Waals surface area contributed by atoms with Gasteiger partial charge in [0.05, 0.1) is 6.10 Å². The van der Waals surface area contributed by atoms with E-state index < -0.39 is 0 Å². The molecule has 0 aromatic carbocycles. The molecule has 2 atom stereocenters. The molecule has 3 fully saturated rings. The summed E-state index contributed by atoms with van der Waals surface area (Å²) in [7, 11) is 0. The normalized spacial score (nSPS) is 22.9. The number of nitrogens with one attached hydrogen (secondary N) is 1. The first-order valence-corrected chi connectivity index (χ1v) is 11.5. The van der Waals surface area contributed by atoms with Crippen LogP contribution in [0.15, 0.2) is 23.1 Å². The Morgan fingerprint density at radius 3 is 2.13 bits per heavy atom. The molecule has 2 aliphatic heterocycles. The lowest BCUT2D eigenvalue weighted by Crippen LogP contribution is -2.46. The fourth-order valence-electron chi connectivity index (χ4n) is 4.32. The highest BCUT2D eigenvalue weighted by atomic mass is 16.6. The van der Waals surface area contributed by atoms with E-state index in [0.29, 0.717) is 12.1 Å². The summed E-state index contributed by atoms with van der Waals surface area (Å²) in [5.41, 5.74) is -0.550. The van der Waals surface area contributed by atoms with Crippen molar-refractivity contribution in [2.75, 3.05) is 0 Å². The maximum atomic E-state index is 12.0. The highest BCUT2D eigenvalue weighted by Crippen LogP contribution is 2.36. The van der Waals surface area contributed by atoms with Gasteiger partial charge in [0, 0.05) is 18.3 Å². The van der Waals surface area contributed by atoms with Crippen LogP contribution >= 0.6 is 0 Å². The molecule has 1 aromatic rings. The van der Waals surface area contributed by atoms with Crippen LogP contribution < -0.4 is 5.56 Å². The largest absolute Gasteiger partial charge is 0.444 e. The zero-order chi connectivity index (χ0) is 22.9. The van der Waals surface area contributed by atoms with Crippen molar-refractivity contribution in [3.05, 3.63) is 34.2 Å². The molecular weight excluding hydrogens is 394 g/mol. The molecule has 0 spiro atoms. The van der Waals surface area contributed by atoms with E-state index in [-0.39, 0.29) is 28.9 Å². The lowest BCUT2D eigenvalue weighted by atomic mass is 9.98. The molecule has 3 heterocycles. The Morgan fingerprint density at radius 1 is 1.10 bits per heavy atom. The number of aromatic amines is 1. The van der Waals surface area contributed by atoms with Crippen molar-refractivity contribution in [1.29, 1.82) is 5.26 Å². The maximum absolute atomic E-state index is 12.0. The van der Waals surface area contributed by atoms with E-state index >= 15 is 0 Å². The molecule has 31 heavy (non-hydrogen) atoms. The van der Waals surface area contributed by atoms with Gasteiger partial charge >= 0.3 is 6.09 Å². The first-order valence-electron chi connectivity index (χ1n) is 11.5. The van der Waals surface area contributed by atoms with Crippen LogP contribution in [0, 0.1) is 11.3 Å². The number of ether oxygens (including phenoxy) is 1. The van der Waals surface area contributed by atoms with Crippen LogP contribution in [-0.2, 0) is 4.74 Å². The van der Waals surface area contributed by atoms with Gasteiger partial charge in [-0.1, -0.05) is 19.3 Å². The van der Waals surface area contributed by atoms with Gasteiger partial charge in [0.1, 0.15) is 17.2 Å². The minimum absolute atomic E-state index is 0.0359. The average molecular weight is 432 g/mol. The fourth-order valence-corrected chi connectivity index (χ4v) is 4.32. The van der Waals surface area contributed by atoms with E-state index in [1.54, 1.807) is 12.1 Å². The van der Waals surface area contributed by atoms with E-state index in [1.807, 2.05) is 25.7 Å². The number of carbonyl (C=O) groups is 1. The van der Waals surface area contributed by atoms with Gasteiger partial charge in [-0.25, -0.2) is 4.79 Å². The minimum atomic E-state index is -0.367. The van der Waals surface area contributed by atoms with Gasteiger partial charge in [0.2, 0.25) is 0 Å². The Morgan fingerprint density at radius 2 is 1.71 bits per heavy atom. The molecule has 1 aromatic heterocycles. The van der Waals surface area contributed by atoms with Crippen molar-refractivity contribution >= 4 is 6.09 Å². The number of aliphatic hydroxyl groups excluding tert-OH is 1. The third kappa shape index (κ3) is 8.37. The first kappa shape index (κ1) is 24.9. The van der Waals surface area contributed by atoms with E-state index in [0.717, 1.165) is 25.7 Å². The third-order valence-electron chi connectivity index (χ3n) is 5.81. The van der Waals surface area contributed by atoms with Gasteiger partial charge in [-0.3, -0.25) is 4.79 Å². The summed E-state index contributed by atoms with van der Waals surface area (Å²) in [4.78, 5) is 26.9. The zero-order valence-corrected chi connectivity index (χ0v) is 19.1. The molecule has 4 rings (SSSR count). The number of aromatic nitrogens is 1. The Bertz CT molecular complexity index is 771. The fraction of sp³-hybridized carbons (Fsp3) is 0.708. The molecule has 1 saturated carbocycles. The number of nitrogens with zero attached hydrogens (tertiary/aromatic N) is 2. The van der Waals surface area contributed by atoms with Gasteiger partial charge in [-0.2, -0.15) is 5.26 Å². The smallest absolute Gasteiger partial charge is 0.410 e. The predicted octanol–water partition coefficient (Wildman–Crippen LogP) is 4.50. The van der Waals surface area contributed by atoms with Crippen molar-refractivity contribution in [1.82, 2.24) is 9.88 Å². The van der Waals surface area contributed by atoms with Gasteiger partial charge in [0.15, 0.2) is 0 Å². The Balaban J connectivity index is 0.000000181. The summed E-state index contributed by atoms with van der Waals surface area (Å²) < 4.78 is 5.44. The van der Waals surface area contributed by atoms with Gasteiger partial charge < -0.3 is 19.7 Å². The van der Waals surface area contributed by atoms with Crippen LogP contribution in [0.4, 0.5) is 4.79 Å². The summed E-state index contributed by atoms with van der Waals surface area (Å²) in [6.45, 7) is 5.78. The maximum Gasteiger partial charge on any atom is 0.410 e. The molecule has 172 valence electrons. The molecule has 1 amide bonds. The second kappa shape index (κ2) is 11.9. The summed E-state index contributed by atoms with van der Waals surface area (Å²) >= 11 is 0. The zero-order valence-electron chi connectivity index (χ0n) is 19.1. The van der Waals surface area contributed by atoms with Gasteiger partial charge in [-0.05, 0) is 77.8 Å². The molecule has 2 unspecified atom stereocenters. The molecule has 0 radical (unpaired) electrons. The number of hydrogen-bond donors (Lipinski definition) is 2. The molecular formula is C24H37N3O4. The summed E-state index contributed by atoms with van der Waals surface area (Å²) in [5.74, 6) is 0. The van der Waals surface area contributed by atoms with E-state index in [2.05, 4.69) is 4.98 Å². The quantitative estimate of drug-likeness (QED) is 0.629. The lowest BCUT2D eigenvalue weighted by molar-refractivity contribution is 0.00783. The van der Waals surface area contributed by atoms with Crippen LogP contribution in [-0.4, -0.2) is 44.9 Å². The van der Waals surface area contributed by atoms with Crippen LogP contribution in [0.2, 0.25) is 0 Å². The highest BCUT2D eigenvalue weighted by Gasteiger charge is 2.41. The average Bonchev–Trinajstić information content (AvgIpc) is 2.98. The standard InChI is InChI=1S/C12H21NO2.C6H4N2O.C6H12O/c1-12(2,3)15-11(14)13-9-5-4-6-10(13)8-7-9;7-4-5-2-1-3-8-6(5)9;7-6-4-2-1-3-5-6/h9-10H,4-8H2,1-3H3;1-3H,(H,8,9);6-7H,1-5H2. The second-order valence-corrected chi connectivity index (χ2v) is 9.52. The molecule has 2 saturated heterocycles. The topological polar surface area (TPSA) is 106 Å². The van der Waals surface area contributed by atoms with Crippen molar-refractivity contribution < 1.29 is 14.6 Å². The number of hydrogen-bond acceptors (Lipinski definition) is 5. The monoisotopic (exact) mass is 431 g/mol. The number of amides is 1. The first-order chi connectivity index (χ1) is 14.7. The van der Waals surface area contributed by atoms with Crippen molar-refractivity contribution in [3.8, 4) is 6.07 Å². The summed E-state index contributed by atoms with van der Waals surface area (Å²) in [6, 6.07) is 5.75. The summed E-state index contributed by atoms with van der Waals surface area (Å²) in [5, 5.41) is 17.2. The number of fused-ring (bicyclic) bond motifs is 2. The minimum Gasteiger partial charge on any atom is -0.444 e. The second-order valence-electron chi connectivity index (χ2n) is 9.52. The Labute approximate surface area is 185 Å². The number of rotatable bonds is 0. The third-order valence-corrected chi connectivity index (χ3v) is 5.81. The van der Waals surface area contributed by atoms with Gasteiger partial charge in [-0.15, -0.1) is 0 Å². The lowest BCUT2D eigenvalue weighted by Gasteiger charge is -2.35. The number of nitriles is 1. The summed E-state index contributed by atoms with van der Waals surface area (Å²) in [6.07, 6.45) is 13.2. The molecule has 1 aliphatic carbocycles. The SMILES string of the molecule is CC(C)(C)OC(=O)N1C2CCCC1CC2.N#Cc1ccc[nH]c1=O.OC1CCCCC1. The molecule has 3 aliphatic rings. The number of pyridine rings is 1. The van der Waals surface area contributed by atoms with Crippen molar-refractivity contribution in [2.45, 2.75) is 109 Å². The molecule has 2 N–H and O–H groups in total. The number of carbonyl (C=O) groups excluding carboxylic acids is 1. The van der Waals surface area contributed by atoms with E-state index in [1.165, 1.54) is 50.8 Å². The Hall–Kier alpha value is -2.33. The van der Waals surface area contributed by atoms with Crippen LogP contribution in [0.3, 0.4) is 0 Å². The Kier molecular flexibility index (Phi) is 9.57. The highest BCUT2D eigenvalue weighted by molar-refractivity contribution is 5.69. The van der Waals surface area contributed by atoms with Crippen LogP contribution in [0.25, 0.3) is 0 Å². The van der Waals surface area contributed by atoms with Crippen molar-refractivity contribution in [2.24, 2.45) is 0 Å². The predicted molar refractivity (Wildman–Crippen MR) is 120 cm³/mol.